The summed E-state index contributed by atoms with van der Waals surface area (Å²) in [6.07, 6.45) is 5.71. The number of nitrogens with one attached hydrogen (secondary N) is 1. The predicted octanol–water partition coefficient (Wildman–Crippen LogP) is 4.42. The van der Waals surface area contributed by atoms with Gasteiger partial charge in [0.1, 0.15) is 16.2 Å². The Balaban J connectivity index is 1.69. The van der Waals surface area contributed by atoms with E-state index in [0.717, 1.165) is 47.0 Å². The van der Waals surface area contributed by atoms with Crippen molar-refractivity contribution in [1.29, 1.82) is 5.26 Å². The number of anilines is 1. The van der Waals surface area contributed by atoms with Crippen LogP contribution in [0.25, 0.3) is 5.69 Å². The molecule has 0 spiro atoms. The van der Waals surface area contributed by atoms with Gasteiger partial charge < -0.3 is 5.32 Å². The second-order valence-electron chi connectivity index (χ2n) is 6.27. The molecule has 0 aliphatic heterocycles. The molecule has 0 unspecified atom stereocenters. The van der Waals surface area contributed by atoms with Gasteiger partial charge in [-0.1, -0.05) is 30.0 Å². The SMILES string of the molecule is N#Cc1c2c(n(-c3ccccc3)c1NC(=O)CSc1nccs1)CCCC2. The average molecular weight is 395 g/mol. The molecular formula is C20H18N4OS2. The van der Waals surface area contributed by atoms with Gasteiger partial charge >= 0.3 is 0 Å². The van der Waals surface area contributed by atoms with Crippen molar-refractivity contribution in [1.82, 2.24) is 9.55 Å². The van der Waals surface area contributed by atoms with Crippen molar-refractivity contribution in [2.45, 2.75) is 30.0 Å². The van der Waals surface area contributed by atoms with E-state index in [4.69, 9.17) is 0 Å². The summed E-state index contributed by atoms with van der Waals surface area (Å²) in [7, 11) is 0. The van der Waals surface area contributed by atoms with E-state index in [1.165, 1.54) is 23.1 Å². The van der Waals surface area contributed by atoms with Gasteiger partial charge in [-0.3, -0.25) is 9.36 Å². The predicted molar refractivity (Wildman–Crippen MR) is 109 cm³/mol. The van der Waals surface area contributed by atoms with E-state index in [1.807, 2.05) is 35.7 Å². The van der Waals surface area contributed by atoms with Gasteiger partial charge in [-0.2, -0.15) is 5.26 Å². The molecule has 0 radical (unpaired) electrons. The zero-order valence-corrected chi connectivity index (χ0v) is 16.3. The Bertz CT molecular complexity index is 987. The second kappa shape index (κ2) is 7.99. The molecule has 5 nitrogen and oxygen atoms in total. The maximum absolute atomic E-state index is 12.6. The summed E-state index contributed by atoms with van der Waals surface area (Å²) in [6, 6.07) is 12.3. The largest absolute Gasteiger partial charge is 0.310 e. The highest BCUT2D eigenvalue weighted by Crippen LogP contribution is 2.35. The first-order chi connectivity index (χ1) is 13.3. The molecule has 0 fully saturated rings. The molecule has 1 amide bonds. The maximum atomic E-state index is 12.6. The van der Waals surface area contributed by atoms with Crippen LogP contribution in [0, 0.1) is 11.3 Å². The van der Waals surface area contributed by atoms with Gasteiger partial charge in [-0.05, 0) is 43.4 Å². The minimum Gasteiger partial charge on any atom is -0.310 e. The normalized spacial score (nSPS) is 13.0. The molecule has 136 valence electrons. The summed E-state index contributed by atoms with van der Waals surface area (Å²) >= 11 is 2.92. The summed E-state index contributed by atoms with van der Waals surface area (Å²) in [5.74, 6) is 0.738. The van der Waals surface area contributed by atoms with E-state index in [9.17, 15) is 10.1 Å². The Labute approximate surface area is 166 Å². The van der Waals surface area contributed by atoms with E-state index < -0.39 is 0 Å². The second-order valence-corrected chi connectivity index (χ2v) is 8.39. The Morgan fingerprint density at radius 1 is 1.30 bits per heavy atom. The lowest BCUT2D eigenvalue weighted by atomic mass is 9.95. The van der Waals surface area contributed by atoms with Gasteiger partial charge in [0, 0.05) is 23.0 Å². The molecule has 4 rings (SSSR count). The summed E-state index contributed by atoms with van der Waals surface area (Å²) in [6.45, 7) is 0. The lowest BCUT2D eigenvalue weighted by Crippen LogP contribution is -2.18. The number of nitriles is 1. The third kappa shape index (κ3) is 3.64. The lowest BCUT2D eigenvalue weighted by Gasteiger charge is -2.17. The van der Waals surface area contributed by atoms with Gasteiger partial charge in [0.05, 0.1) is 11.3 Å². The van der Waals surface area contributed by atoms with Gasteiger partial charge in [-0.15, -0.1) is 11.3 Å². The summed E-state index contributed by atoms with van der Waals surface area (Å²) in [5, 5.41) is 14.7. The van der Waals surface area contributed by atoms with E-state index in [1.54, 1.807) is 6.20 Å². The maximum Gasteiger partial charge on any atom is 0.235 e. The number of thiazole rings is 1. The number of hydrogen-bond acceptors (Lipinski definition) is 5. The molecule has 0 atom stereocenters. The topological polar surface area (TPSA) is 70.7 Å². The van der Waals surface area contributed by atoms with E-state index in [2.05, 4.69) is 20.9 Å². The number of benzene rings is 1. The summed E-state index contributed by atoms with van der Waals surface area (Å²) in [4.78, 5) is 16.8. The molecule has 1 N–H and O–H groups in total. The molecule has 0 bridgehead atoms. The molecule has 1 aromatic carbocycles. The van der Waals surface area contributed by atoms with Crippen molar-refractivity contribution in [2.24, 2.45) is 0 Å². The molecule has 1 aliphatic carbocycles. The molecule has 0 saturated heterocycles. The number of fused-ring (bicyclic) bond motifs is 1. The van der Waals surface area contributed by atoms with Crippen molar-refractivity contribution >= 4 is 34.8 Å². The Morgan fingerprint density at radius 3 is 2.85 bits per heavy atom. The minimum atomic E-state index is -0.126. The third-order valence-electron chi connectivity index (χ3n) is 4.59. The Morgan fingerprint density at radius 2 is 2.11 bits per heavy atom. The fourth-order valence-electron chi connectivity index (χ4n) is 3.47. The molecule has 2 aromatic heterocycles. The average Bonchev–Trinajstić information content (AvgIpc) is 3.32. The molecule has 2 heterocycles. The van der Waals surface area contributed by atoms with Crippen LogP contribution in [0.2, 0.25) is 0 Å². The zero-order valence-electron chi connectivity index (χ0n) is 14.6. The van der Waals surface area contributed by atoms with E-state index >= 15 is 0 Å². The number of nitrogens with zero attached hydrogens (tertiary/aromatic N) is 3. The van der Waals surface area contributed by atoms with Crippen LogP contribution >= 0.6 is 23.1 Å². The molecule has 3 aromatic rings. The first-order valence-corrected chi connectivity index (χ1v) is 10.7. The highest BCUT2D eigenvalue weighted by atomic mass is 32.2. The van der Waals surface area contributed by atoms with Crippen LogP contribution in [-0.2, 0) is 17.6 Å². The monoisotopic (exact) mass is 394 g/mol. The smallest absolute Gasteiger partial charge is 0.235 e. The number of hydrogen-bond donors (Lipinski definition) is 1. The first kappa shape index (κ1) is 17.8. The summed E-state index contributed by atoms with van der Waals surface area (Å²) < 4.78 is 2.92. The number of amides is 1. The number of para-hydroxylation sites is 1. The van der Waals surface area contributed by atoms with Gasteiger partial charge in [-0.25, -0.2) is 4.98 Å². The lowest BCUT2D eigenvalue weighted by molar-refractivity contribution is -0.113. The van der Waals surface area contributed by atoms with Crippen LogP contribution in [0.1, 0.15) is 29.7 Å². The standard InChI is InChI=1S/C20H18N4OS2/c21-12-16-15-8-4-5-9-17(15)24(14-6-2-1-3-7-14)19(16)23-18(25)13-27-20-22-10-11-26-20/h1-3,6-7,10-11H,4-5,8-9,13H2,(H,23,25). The number of rotatable bonds is 5. The van der Waals surface area contributed by atoms with Crippen molar-refractivity contribution in [3.8, 4) is 11.8 Å². The molecule has 0 saturated carbocycles. The number of carbonyl (C=O) groups excluding carboxylic acids is 1. The zero-order chi connectivity index (χ0) is 18.6. The minimum absolute atomic E-state index is 0.126. The van der Waals surface area contributed by atoms with Crippen LogP contribution in [0.4, 0.5) is 5.82 Å². The van der Waals surface area contributed by atoms with Crippen molar-refractivity contribution in [3.63, 3.8) is 0 Å². The number of thioether (sulfide) groups is 1. The Kier molecular flexibility index (Phi) is 5.28. The number of aromatic nitrogens is 2. The number of carbonyl (C=O) groups is 1. The van der Waals surface area contributed by atoms with Gasteiger partial charge in [0.15, 0.2) is 0 Å². The van der Waals surface area contributed by atoms with Crippen LogP contribution in [-0.4, -0.2) is 21.2 Å². The Hall–Kier alpha value is -2.56. The summed E-state index contributed by atoms with van der Waals surface area (Å²) in [5.41, 5.74) is 3.79. The molecule has 1 aliphatic rings. The fraction of sp³-hybridized carbons (Fsp3) is 0.250. The van der Waals surface area contributed by atoms with Crippen LogP contribution < -0.4 is 5.32 Å². The van der Waals surface area contributed by atoms with Crippen molar-refractivity contribution < 1.29 is 4.79 Å². The molecule has 7 heteroatoms. The first-order valence-electron chi connectivity index (χ1n) is 8.82. The quantitative estimate of drug-likeness (QED) is 0.651. The highest BCUT2D eigenvalue weighted by molar-refractivity contribution is 8.01. The van der Waals surface area contributed by atoms with Crippen LogP contribution in [0.5, 0.6) is 0 Å². The van der Waals surface area contributed by atoms with Crippen LogP contribution in [0.15, 0.2) is 46.2 Å². The van der Waals surface area contributed by atoms with Gasteiger partial charge in [0.2, 0.25) is 5.91 Å². The van der Waals surface area contributed by atoms with E-state index in [0.29, 0.717) is 11.4 Å². The molecular weight excluding hydrogens is 376 g/mol. The van der Waals surface area contributed by atoms with Crippen molar-refractivity contribution in [2.75, 3.05) is 11.1 Å². The van der Waals surface area contributed by atoms with Crippen molar-refractivity contribution in [3.05, 3.63) is 58.7 Å². The fourth-order valence-corrected chi connectivity index (χ4v) is 4.91. The highest BCUT2D eigenvalue weighted by Gasteiger charge is 2.26. The van der Waals surface area contributed by atoms with Crippen LogP contribution in [0.3, 0.4) is 0 Å². The van der Waals surface area contributed by atoms with E-state index in [-0.39, 0.29) is 11.7 Å². The third-order valence-corrected chi connectivity index (χ3v) is 6.56. The van der Waals surface area contributed by atoms with Gasteiger partial charge in [0.25, 0.3) is 0 Å². The molecule has 27 heavy (non-hydrogen) atoms.